The van der Waals surface area contributed by atoms with Gasteiger partial charge in [0.2, 0.25) is 10.0 Å². The first-order valence-corrected chi connectivity index (χ1v) is 7.62. The van der Waals surface area contributed by atoms with Crippen molar-refractivity contribution in [1.29, 1.82) is 0 Å². The topological polar surface area (TPSA) is 58.6 Å². The lowest BCUT2D eigenvalue weighted by molar-refractivity contribution is 0.189. The van der Waals surface area contributed by atoms with Crippen LogP contribution in [0.4, 0.5) is 0 Å². The number of hydrogen-bond donors (Lipinski definition) is 1. The van der Waals surface area contributed by atoms with Gasteiger partial charge in [0, 0.05) is 33.9 Å². The van der Waals surface area contributed by atoms with Crippen LogP contribution >= 0.6 is 0 Å². The van der Waals surface area contributed by atoms with Crippen LogP contribution in [0.15, 0.2) is 0 Å². The molecule has 0 aliphatic carbocycles. The van der Waals surface area contributed by atoms with Crippen LogP contribution < -0.4 is 5.32 Å². The molecule has 0 heterocycles. The Morgan fingerprint density at radius 2 is 2.06 bits per heavy atom. The van der Waals surface area contributed by atoms with Gasteiger partial charge in [-0.3, -0.25) is 0 Å². The highest BCUT2D eigenvalue weighted by atomic mass is 32.2. The van der Waals surface area contributed by atoms with Crippen molar-refractivity contribution in [3.8, 4) is 0 Å². The lowest BCUT2D eigenvalue weighted by Gasteiger charge is -2.22. The summed E-state index contributed by atoms with van der Waals surface area (Å²) >= 11 is 0. The van der Waals surface area contributed by atoms with Crippen molar-refractivity contribution in [2.24, 2.45) is 0 Å². The van der Waals surface area contributed by atoms with Crippen LogP contribution in [0.3, 0.4) is 0 Å². The van der Waals surface area contributed by atoms with Gasteiger partial charge in [0.15, 0.2) is 0 Å². The molecule has 0 fully saturated rings. The van der Waals surface area contributed by atoms with Gasteiger partial charge in [0.25, 0.3) is 0 Å². The third kappa shape index (κ3) is 6.35. The minimum Gasteiger partial charge on any atom is -0.385 e. The summed E-state index contributed by atoms with van der Waals surface area (Å²) in [5, 5.41) is 2.75. The average Bonchev–Trinajstić information content (AvgIpc) is 2.29. The molecule has 0 amide bonds. The van der Waals surface area contributed by atoms with Gasteiger partial charge in [-0.25, -0.2) is 12.7 Å². The molecular weight excluding hydrogens is 240 g/mol. The zero-order chi connectivity index (χ0) is 13.3. The maximum absolute atomic E-state index is 12.1. The van der Waals surface area contributed by atoms with Crippen LogP contribution in [-0.4, -0.2) is 58.4 Å². The van der Waals surface area contributed by atoms with E-state index in [0.717, 1.165) is 19.4 Å². The Labute approximate surface area is 106 Å². The molecule has 0 spiro atoms. The van der Waals surface area contributed by atoms with E-state index >= 15 is 0 Å². The van der Waals surface area contributed by atoms with E-state index in [-0.39, 0.29) is 5.25 Å². The van der Waals surface area contributed by atoms with Crippen LogP contribution in [0.2, 0.25) is 0 Å². The monoisotopic (exact) mass is 266 g/mol. The van der Waals surface area contributed by atoms with Crippen molar-refractivity contribution < 1.29 is 13.2 Å². The fourth-order valence-electron chi connectivity index (χ4n) is 1.45. The maximum atomic E-state index is 12.1. The fraction of sp³-hybridized carbons (Fsp3) is 1.00. The third-order valence-electron chi connectivity index (χ3n) is 2.62. The summed E-state index contributed by atoms with van der Waals surface area (Å²) in [7, 11) is 0.0585. The van der Waals surface area contributed by atoms with Crippen LogP contribution in [0, 0.1) is 0 Å². The van der Waals surface area contributed by atoms with Crippen molar-refractivity contribution in [1.82, 2.24) is 9.62 Å². The minimum atomic E-state index is -3.18. The molecule has 0 aromatic rings. The lowest BCUT2D eigenvalue weighted by atomic mass is 10.4. The molecule has 17 heavy (non-hydrogen) atoms. The first-order chi connectivity index (χ1) is 7.96. The van der Waals surface area contributed by atoms with Crippen molar-refractivity contribution in [3.05, 3.63) is 0 Å². The van der Waals surface area contributed by atoms with Crippen LogP contribution in [-0.2, 0) is 14.8 Å². The molecule has 0 radical (unpaired) electrons. The molecule has 1 atom stereocenters. The Hall–Kier alpha value is -0.170. The first-order valence-electron chi connectivity index (χ1n) is 6.11. The molecule has 6 heteroatoms. The zero-order valence-electron chi connectivity index (χ0n) is 11.4. The summed E-state index contributed by atoms with van der Waals surface area (Å²) in [6.07, 6.45) is 1.73. The smallest absolute Gasteiger partial charge is 0.217 e. The summed E-state index contributed by atoms with van der Waals surface area (Å²) in [5.41, 5.74) is 0. The highest BCUT2D eigenvalue weighted by Crippen LogP contribution is 2.06. The molecule has 0 bridgehead atoms. The molecule has 104 valence electrons. The molecule has 0 saturated heterocycles. The quantitative estimate of drug-likeness (QED) is 0.591. The number of sulfonamides is 1. The second-order valence-corrected chi connectivity index (χ2v) is 6.69. The Morgan fingerprint density at radius 1 is 1.41 bits per heavy atom. The number of methoxy groups -OCH3 is 1. The van der Waals surface area contributed by atoms with E-state index in [1.165, 1.54) is 4.31 Å². The van der Waals surface area contributed by atoms with Gasteiger partial charge in [0.1, 0.15) is 0 Å². The molecule has 0 saturated carbocycles. The van der Waals surface area contributed by atoms with Gasteiger partial charge in [-0.1, -0.05) is 6.92 Å². The molecular formula is C11H26N2O3S. The Balaban J connectivity index is 4.14. The van der Waals surface area contributed by atoms with E-state index in [1.54, 1.807) is 21.1 Å². The highest BCUT2D eigenvalue weighted by Gasteiger charge is 2.24. The summed E-state index contributed by atoms with van der Waals surface area (Å²) < 4.78 is 30.5. The van der Waals surface area contributed by atoms with E-state index in [2.05, 4.69) is 12.2 Å². The van der Waals surface area contributed by atoms with Gasteiger partial charge in [-0.05, 0) is 26.3 Å². The Bertz CT molecular complexity index is 258. The predicted octanol–water partition coefficient (Wildman–Crippen LogP) is 0.673. The zero-order valence-corrected chi connectivity index (χ0v) is 12.2. The summed E-state index contributed by atoms with van der Waals surface area (Å²) in [6.45, 7) is 6.25. The standard InChI is InChI=1S/C11H26N2O3S/c1-5-7-12-10-11(2)17(14,15)13(3)8-6-9-16-4/h11-12H,5-10H2,1-4H3. The lowest BCUT2D eigenvalue weighted by Crippen LogP contribution is -2.40. The van der Waals surface area contributed by atoms with Crippen molar-refractivity contribution >= 4 is 10.0 Å². The fourth-order valence-corrected chi connectivity index (χ4v) is 2.78. The molecule has 5 nitrogen and oxygen atoms in total. The number of nitrogens with zero attached hydrogens (tertiary/aromatic N) is 1. The SMILES string of the molecule is CCCNCC(C)S(=O)(=O)N(C)CCCOC. The van der Waals surface area contributed by atoms with Crippen LogP contribution in [0.1, 0.15) is 26.7 Å². The first kappa shape index (κ1) is 16.8. The van der Waals surface area contributed by atoms with Crippen molar-refractivity contribution in [2.45, 2.75) is 31.9 Å². The van der Waals surface area contributed by atoms with Gasteiger partial charge < -0.3 is 10.1 Å². The normalized spacial score (nSPS) is 14.2. The molecule has 0 aromatic carbocycles. The van der Waals surface area contributed by atoms with E-state index < -0.39 is 10.0 Å². The highest BCUT2D eigenvalue weighted by molar-refractivity contribution is 7.89. The number of hydrogen-bond acceptors (Lipinski definition) is 4. The van der Waals surface area contributed by atoms with E-state index in [0.29, 0.717) is 19.7 Å². The second kappa shape index (κ2) is 8.85. The summed E-state index contributed by atoms with van der Waals surface area (Å²) in [5.74, 6) is 0. The van der Waals surface area contributed by atoms with Crippen LogP contribution in [0.5, 0.6) is 0 Å². The van der Waals surface area contributed by atoms with Gasteiger partial charge in [0.05, 0.1) is 5.25 Å². The number of ether oxygens (including phenoxy) is 1. The number of nitrogens with one attached hydrogen (secondary N) is 1. The molecule has 0 aromatic heterocycles. The van der Waals surface area contributed by atoms with Crippen LogP contribution in [0.25, 0.3) is 0 Å². The van der Waals surface area contributed by atoms with Gasteiger partial charge in [-0.2, -0.15) is 0 Å². The predicted molar refractivity (Wildman–Crippen MR) is 70.7 cm³/mol. The van der Waals surface area contributed by atoms with Gasteiger partial charge >= 0.3 is 0 Å². The second-order valence-electron chi connectivity index (χ2n) is 4.23. The molecule has 0 aliphatic rings. The van der Waals surface area contributed by atoms with Gasteiger partial charge in [-0.15, -0.1) is 0 Å². The Kier molecular flexibility index (Phi) is 8.77. The van der Waals surface area contributed by atoms with Crippen molar-refractivity contribution in [3.63, 3.8) is 0 Å². The molecule has 0 aliphatic heterocycles. The largest absolute Gasteiger partial charge is 0.385 e. The minimum absolute atomic E-state index is 0.387. The van der Waals surface area contributed by atoms with E-state index in [1.807, 2.05) is 0 Å². The van der Waals surface area contributed by atoms with Crippen molar-refractivity contribution in [2.75, 3.05) is 40.4 Å². The van der Waals surface area contributed by atoms with E-state index in [9.17, 15) is 8.42 Å². The summed E-state index contributed by atoms with van der Waals surface area (Å²) in [6, 6.07) is 0. The molecule has 1 N–H and O–H groups in total. The average molecular weight is 266 g/mol. The Morgan fingerprint density at radius 3 is 2.59 bits per heavy atom. The molecule has 1 unspecified atom stereocenters. The summed E-state index contributed by atoms with van der Waals surface area (Å²) in [4.78, 5) is 0. The number of rotatable bonds is 10. The maximum Gasteiger partial charge on any atom is 0.217 e. The molecule has 0 rings (SSSR count). The third-order valence-corrected chi connectivity index (χ3v) is 4.86. The van der Waals surface area contributed by atoms with E-state index in [4.69, 9.17) is 4.74 Å².